The van der Waals surface area contributed by atoms with Gasteiger partial charge >= 0.3 is 6.03 Å². The first-order valence-electron chi connectivity index (χ1n) is 7.45. The summed E-state index contributed by atoms with van der Waals surface area (Å²) in [7, 11) is -2.99. The van der Waals surface area contributed by atoms with Crippen molar-refractivity contribution in [1.29, 1.82) is 0 Å². The van der Waals surface area contributed by atoms with Gasteiger partial charge in [0.15, 0.2) is 9.84 Å². The Morgan fingerprint density at radius 2 is 1.61 bits per heavy atom. The molecule has 1 aliphatic heterocycles. The summed E-state index contributed by atoms with van der Waals surface area (Å²) in [6.07, 6.45) is 0.475. The molecule has 0 radical (unpaired) electrons. The number of carbonyl (C=O) groups excluding carboxylic acids is 1. The van der Waals surface area contributed by atoms with Gasteiger partial charge in [0.05, 0.1) is 11.5 Å². The highest BCUT2D eigenvalue weighted by atomic mass is 32.2. The molecule has 0 aromatic heterocycles. The lowest BCUT2D eigenvalue weighted by molar-refractivity contribution is 0.249. The van der Waals surface area contributed by atoms with Crippen LogP contribution in [0.25, 0.3) is 11.1 Å². The molecule has 0 saturated carbocycles. The molecule has 1 heterocycles. The van der Waals surface area contributed by atoms with Gasteiger partial charge in [-0.25, -0.2) is 13.2 Å². The van der Waals surface area contributed by atoms with Crippen LogP contribution in [0.4, 0.5) is 10.5 Å². The zero-order chi connectivity index (χ0) is 16.3. The van der Waals surface area contributed by atoms with Crippen molar-refractivity contribution < 1.29 is 13.2 Å². The van der Waals surface area contributed by atoms with Crippen molar-refractivity contribution in [2.75, 3.05) is 16.8 Å². The molecule has 2 aromatic carbocycles. The van der Waals surface area contributed by atoms with Crippen molar-refractivity contribution in [3.63, 3.8) is 0 Å². The topological polar surface area (TPSA) is 75.3 Å². The predicted molar refractivity (Wildman–Crippen MR) is 91.1 cm³/mol. The molecular weight excluding hydrogens is 312 g/mol. The van der Waals surface area contributed by atoms with E-state index >= 15 is 0 Å². The third kappa shape index (κ3) is 4.10. The van der Waals surface area contributed by atoms with E-state index in [1.54, 1.807) is 0 Å². The van der Waals surface area contributed by atoms with E-state index in [9.17, 15) is 13.2 Å². The van der Waals surface area contributed by atoms with E-state index in [1.165, 1.54) is 0 Å². The second kappa shape index (κ2) is 6.42. The normalized spacial score (nSPS) is 19.2. The van der Waals surface area contributed by atoms with Gasteiger partial charge in [0.25, 0.3) is 0 Å². The molecule has 3 rings (SSSR count). The monoisotopic (exact) mass is 330 g/mol. The fourth-order valence-electron chi connectivity index (χ4n) is 2.64. The molecule has 2 amide bonds. The number of sulfone groups is 1. The Labute approximate surface area is 135 Å². The van der Waals surface area contributed by atoms with E-state index < -0.39 is 9.84 Å². The minimum atomic E-state index is -2.99. The fourth-order valence-corrected chi connectivity index (χ4v) is 4.31. The number of hydrogen-bond acceptors (Lipinski definition) is 3. The number of hydrogen-bond donors (Lipinski definition) is 2. The average Bonchev–Trinajstić information content (AvgIpc) is 2.87. The van der Waals surface area contributed by atoms with Gasteiger partial charge < -0.3 is 10.6 Å². The number of rotatable bonds is 3. The Morgan fingerprint density at radius 1 is 0.957 bits per heavy atom. The molecule has 0 spiro atoms. The van der Waals surface area contributed by atoms with Crippen LogP contribution in [0.15, 0.2) is 54.6 Å². The molecule has 6 heteroatoms. The molecule has 23 heavy (non-hydrogen) atoms. The highest BCUT2D eigenvalue weighted by Gasteiger charge is 2.28. The van der Waals surface area contributed by atoms with Crippen LogP contribution in [0.5, 0.6) is 0 Å². The quantitative estimate of drug-likeness (QED) is 0.908. The zero-order valence-corrected chi connectivity index (χ0v) is 13.3. The first-order chi connectivity index (χ1) is 11.0. The van der Waals surface area contributed by atoms with Crippen LogP contribution in [-0.2, 0) is 9.84 Å². The standard InChI is InChI=1S/C17H18N2O3S/c20-17(19-16-10-11-23(21,22)12-16)18-15-8-6-14(7-9-15)13-4-2-1-3-5-13/h1-9,16H,10-12H2,(H2,18,19,20). The summed E-state index contributed by atoms with van der Waals surface area (Å²) in [5.41, 5.74) is 2.85. The highest BCUT2D eigenvalue weighted by Crippen LogP contribution is 2.21. The smallest absolute Gasteiger partial charge is 0.319 e. The first kappa shape index (κ1) is 15.6. The Hall–Kier alpha value is -2.34. The molecule has 0 aliphatic carbocycles. The summed E-state index contributed by atoms with van der Waals surface area (Å²) in [5.74, 6) is 0.164. The van der Waals surface area contributed by atoms with E-state index in [4.69, 9.17) is 0 Å². The van der Waals surface area contributed by atoms with E-state index in [0.29, 0.717) is 12.1 Å². The number of anilines is 1. The average molecular weight is 330 g/mol. The summed E-state index contributed by atoms with van der Waals surface area (Å²) >= 11 is 0. The third-order valence-corrected chi connectivity index (χ3v) is 5.59. The SMILES string of the molecule is O=C(Nc1ccc(-c2ccccc2)cc1)NC1CCS(=O)(=O)C1. The second-order valence-corrected chi connectivity index (χ2v) is 7.87. The van der Waals surface area contributed by atoms with Crippen molar-refractivity contribution in [2.45, 2.75) is 12.5 Å². The number of urea groups is 1. The van der Waals surface area contributed by atoms with Gasteiger partial charge in [-0.2, -0.15) is 0 Å². The molecule has 1 saturated heterocycles. The summed E-state index contributed by atoms with van der Waals surface area (Å²) in [6, 6.07) is 16.8. The van der Waals surface area contributed by atoms with Crippen LogP contribution in [0.3, 0.4) is 0 Å². The minimum absolute atomic E-state index is 0.0212. The lowest BCUT2D eigenvalue weighted by Gasteiger charge is -2.12. The van der Waals surface area contributed by atoms with Crippen LogP contribution < -0.4 is 10.6 Å². The van der Waals surface area contributed by atoms with E-state index in [-0.39, 0.29) is 23.6 Å². The van der Waals surface area contributed by atoms with E-state index in [1.807, 2.05) is 54.6 Å². The minimum Gasteiger partial charge on any atom is -0.334 e. The van der Waals surface area contributed by atoms with Gasteiger partial charge in [-0.05, 0) is 29.7 Å². The molecule has 1 unspecified atom stereocenters. The number of carbonyl (C=O) groups is 1. The summed E-state index contributed by atoms with van der Waals surface area (Å²) in [6.45, 7) is 0. The molecular formula is C17H18N2O3S. The molecule has 1 atom stereocenters. The van der Waals surface area contributed by atoms with Crippen LogP contribution >= 0.6 is 0 Å². The van der Waals surface area contributed by atoms with Crippen molar-refractivity contribution in [3.05, 3.63) is 54.6 Å². The van der Waals surface area contributed by atoms with Crippen molar-refractivity contribution in [3.8, 4) is 11.1 Å². The number of benzene rings is 2. The van der Waals surface area contributed by atoms with Gasteiger partial charge in [0, 0.05) is 11.7 Å². The fraction of sp³-hybridized carbons (Fsp3) is 0.235. The Morgan fingerprint density at radius 3 is 2.22 bits per heavy atom. The molecule has 2 N–H and O–H groups in total. The van der Waals surface area contributed by atoms with Gasteiger partial charge in [0.1, 0.15) is 0 Å². The van der Waals surface area contributed by atoms with Crippen LogP contribution in [0, 0.1) is 0 Å². The largest absolute Gasteiger partial charge is 0.334 e. The molecule has 1 fully saturated rings. The summed E-state index contributed by atoms with van der Waals surface area (Å²) < 4.78 is 22.8. The van der Waals surface area contributed by atoms with Crippen molar-refractivity contribution in [1.82, 2.24) is 5.32 Å². The predicted octanol–water partition coefficient (Wildman–Crippen LogP) is 2.66. The van der Waals surface area contributed by atoms with Crippen LogP contribution in [-0.4, -0.2) is 32.0 Å². The van der Waals surface area contributed by atoms with Crippen LogP contribution in [0.1, 0.15) is 6.42 Å². The number of nitrogens with one attached hydrogen (secondary N) is 2. The lowest BCUT2D eigenvalue weighted by atomic mass is 10.1. The Balaban J connectivity index is 1.59. The Kier molecular flexibility index (Phi) is 4.34. The lowest BCUT2D eigenvalue weighted by Crippen LogP contribution is -2.38. The zero-order valence-electron chi connectivity index (χ0n) is 12.5. The van der Waals surface area contributed by atoms with Gasteiger partial charge in [-0.15, -0.1) is 0 Å². The maximum atomic E-state index is 11.9. The molecule has 1 aliphatic rings. The highest BCUT2D eigenvalue weighted by molar-refractivity contribution is 7.91. The molecule has 2 aromatic rings. The van der Waals surface area contributed by atoms with Crippen LogP contribution in [0.2, 0.25) is 0 Å². The summed E-state index contributed by atoms with van der Waals surface area (Å²) in [4.78, 5) is 11.9. The van der Waals surface area contributed by atoms with Crippen molar-refractivity contribution in [2.24, 2.45) is 0 Å². The first-order valence-corrected chi connectivity index (χ1v) is 9.27. The third-order valence-electron chi connectivity index (χ3n) is 3.82. The molecule has 0 bridgehead atoms. The van der Waals surface area contributed by atoms with Gasteiger partial charge in [0.2, 0.25) is 0 Å². The Bertz CT molecular complexity index is 786. The summed E-state index contributed by atoms with van der Waals surface area (Å²) in [5, 5.41) is 5.43. The van der Waals surface area contributed by atoms with E-state index in [2.05, 4.69) is 10.6 Å². The van der Waals surface area contributed by atoms with Crippen molar-refractivity contribution >= 4 is 21.6 Å². The molecule has 120 valence electrons. The van der Waals surface area contributed by atoms with Gasteiger partial charge in [-0.1, -0.05) is 42.5 Å². The maximum Gasteiger partial charge on any atom is 0.319 e. The number of amides is 2. The van der Waals surface area contributed by atoms with Gasteiger partial charge in [-0.3, -0.25) is 0 Å². The maximum absolute atomic E-state index is 11.9. The van der Waals surface area contributed by atoms with E-state index in [0.717, 1.165) is 11.1 Å². The second-order valence-electron chi connectivity index (χ2n) is 5.64. The molecule has 5 nitrogen and oxygen atoms in total.